The van der Waals surface area contributed by atoms with Gasteiger partial charge in [0.25, 0.3) is 0 Å². The Kier molecular flexibility index (Phi) is 5.43. The summed E-state index contributed by atoms with van der Waals surface area (Å²) in [5.74, 6) is 7.38. The molecule has 5 nitrogen and oxygen atoms in total. The molecule has 0 fully saturated rings. The van der Waals surface area contributed by atoms with Crippen molar-refractivity contribution in [2.75, 3.05) is 19.8 Å². The number of carbonyl (C=O) groups is 1. The molecule has 25 heavy (non-hydrogen) atoms. The molecule has 0 spiro atoms. The minimum atomic E-state index is -0.259. The van der Waals surface area contributed by atoms with Crippen molar-refractivity contribution in [2.45, 2.75) is 13.0 Å². The first-order valence-corrected chi connectivity index (χ1v) is 8.20. The van der Waals surface area contributed by atoms with Crippen LogP contribution in [0.3, 0.4) is 0 Å². The van der Waals surface area contributed by atoms with Crippen LogP contribution in [-0.2, 0) is 0 Å². The van der Waals surface area contributed by atoms with Crippen molar-refractivity contribution in [1.29, 1.82) is 0 Å². The molecule has 2 amide bonds. The van der Waals surface area contributed by atoms with Crippen LogP contribution in [0.2, 0.25) is 0 Å². The van der Waals surface area contributed by atoms with Gasteiger partial charge < -0.3 is 20.1 Å². The van der Waals surface area contributed by atoms with Crippen molar-refractivity contribution in [1.82, 2.24) is 10.6 Å². The highest BCUT2D eigenvalue weighted by Gasteiger charge is 2.15. The maximum absolute atomic E-state index is 12.0. The summed E-state index contributed by atoms with van der Waals surface area (Å²) < 4.78 is 11.1. The second-order valence-corrected chi connectivity index (χ2v) is 5.62. The summed E-state index contributed by atoms with van der Waals surface area (Å²) in [5, 5.41) is 5.62. The minimum Gasteiger partial charge on any atom is -0.486 e. The van der Waals surface area contributed by atoms with Gasteiger partial charge in [0.15, 0.2) is 11.5 Å². The molecule has 5 heteroatoms. The molecule has 128 valence electrons. The summed E-state index contributed by atoms with van der Waals surface area (Å²) in [7, 11) is 0. The molecule has 2 aromatic carbocycles. The fraction of sp³-hybridized carbons (Fsp3) is 0.250. The fourth-order valence-electron chi connectivity index (χ4n) is 2.45. The zero-order valence-electron chi connectivity index (χ0n) is 14.0. The van der Waals surface area contributed by atoms with Crippen LogP contribution in [-0.4, -0.2) is 25.8 Å². The number of fused-ring (bicyclic) bond motifs is 1. The number of rotatable bonds is 3. The number of carbonyl (C=O) groups excluding carboxylic acids is 1. The second kappa shape index (κ2) is 8.11. The number of nitrogens with one attached hydrogen (secondary N) is 2. The monoisotopic (exact) mass is 336 g/mol. The van der Waals surface area contributed by atoms with E-state index in [0.29, 0.717) is 19.0 Å². The SMILES string of the molecule is CC(NC(=O)NCC#Cc1ccccc1)c1ccc2c(c1)OCCO2. The van der Waals surface area contributed by atoms with Gasteiger partial charge >= 0.3 is 6.03 Å². The Balaban J connectivity index is 1.50. The Hall–Kier alpha value is -3.13. The van der Waals surface area contributed by atoms with Crippen LogP contribution in [0.4, 0.5) is 4.79 Å². The molecule has 1 unspecified atom stereocenters. The summed E-state index contributed by atoms with van der Waals surface area (Å²) in [5.41, 5.74) is 1.88. The van der Waals surface area contributed by atoms with Crippen LogP contribution in [0, 0.1) is 11.8 Å². The van der Waals surface area contributed by atoms with Gasteiger partial charge in [0.05, 0.1) is 12.6 Å². The largest absolute Gasteiger partial charge is 0.486 e. The number of hydrogen-bond acceptors (Lipinski definition) is 3. The van der Waals surface area contributed by atoms with Crippen LogP contribution >= 0.6 is 0 Å². The molecule has 0 aromatic heterocycles. The molecule has 3 rings (SSSR count). The van der Waals surface area contributed by atoms with Crippen LogP contribution in [0.25, 0.3) is 0 Å². The zero-order chi connectivity index (χ0) is 17.5. The maximum atomic E-state index is 12.0. The molecule has 1 atom stereocenters. The third-order valence-electron chi connectivity index (χ3n) is 3.76. The third kappa shape index (κ3) is 4.67. The normalized spacial score (nSPS) is 13.2. The van der Waals surface area contributed by atoms with E-state index in [1.165, 1.54) is 0 Å². The zero-order valence-corrected chi connectivity index (χ0v) is 14.0. The molecule has 0 saturated carbocycles. The van der Waals surface area contributed by atoms with E-state index in [0.717, 1.165) is 16.9 Å². The number of hydrogen-bond donors (Lipinski definition) is 2. The Morgan fingerprint density at radius 3 is 2.68 bits per heavy atom. The molecule has 0 radical (unpaired) electrons. The van der Waals surface area contributed by atoms with Crippen molar-refractivity contribution < 1.29 is 14.3 Å². The van der Waals surface area contributed by atoms with Gasteiger partial charge in [0.2, 0.25) is 0 Å². The molecule has 1 heterocycles. The van der Waals surface area contributed by atoms with Crippen molar-refractivity contribution in [2.24, 2.45) is 0 Å². The maximum Gasteiger partial charge on any atom is 0.316 e. The topological polar surface area (TPSA) is 59.6 Å². The molecule has 0 saturated heterocycles. The van der Waals surface area contributed by atoms with E-state index in [1.54, 1.807) is 0 Å². The Labute approximate surface area is 147 Å². The van der Waals surface area contributed by atoms with E-state index in [-0.39, 0.29) is 18.6 Å². The van der Waals surface area contributed by atoms with E-state index in [2.05, 4.69) is 22.5 Å². The Morgan fingerprint density at radius 2 is 1.88 bits per heavy atom. The van der Waals surface area contributed by atoms with Gasteiger partial charge in [-0.1, -0.05) is 36.1 Å². The molecule has 1 aliphatic heterocycles. The van der Waals surface area contributed by atoms with Gasteiger partial charge in [-0.15, -0.1) is 0 Å². The van der Waals surface area contributed by atoms with E-state index in [4.69, 9.17) is 9.47 Å². The summed E-state index contributed by atoms with van der Waals surface area (Å²) >= 11 is 0. The van der Waals surface area contributed by atoms with E-state index in [9.17, 15) is 4.79 Å². The van der Waals surface area contributed by atoms with Crippen LogP contribution < -0.4 is 20.1 Å². The highest BCUT2D eigenvalue weighted by atomic mass is 16.6. The first-order chi connectivity index (χ1) is 12.2. The first-order valence-electron chi connectivity index (χ1n) is 8.20. The second-order valence-electron chi connectivity index (χ2n) is 5.62. The summed E-state index contributed by atoms with van der Waals surface area (Å²) in [6.45, 7) is 3.31. The predicted octanol–water partition coefficient (Wildman–Crippen LogP) is 2.87. The Morgan fingerprint density at radius 1 is 1.12 bits per heavy atom. The van der Waals surface area contributed by atoms with Gasteiger partial charge in [-0.3, -0.25) is 0 Å². The van der Waals surface area contributed by atoms with Gasteiger partial charge in [-0.05, 0) is 36.8 Å². The smallest absolute Gasteiger partial charge is 0.316 e. The lowest BCUT2D eigenvalue weighted by Gasteiger charge is -2.21. The lowest BCUT2D eigenvalue weighted by Crippen LogP contribution is -2.37. The van der Waals surface area contributed by atoms with Gasteiger partial charge in [0, 0.05) is 5.56 Å². The molecular formula is C20H20N2O3. The average Bonchev–Trinajstić information content (AvgIpc) is 2.65. The first kappa shape index (κ1) is 16.7. The standard InChI is InChI=1S/C20H20N2O3/c1-15(17-9-10-18-19(14-17)25-13-12-24-18)22-20(23)21-11-5-8-16-6-3-2-4-7-16/h2-4,6-7,9-10,14-15H,11-13H2,1H3,(H2,21,22,23). The lowest BCUT2D eigenvalue weighted by molar-refractivity contribution is 0.171. The average molecular weight is 336 g/mol. The summed E-state index contributed by atoms with van der Waals surface area (Å²) in [6.07, 6.45) is 0. The van der Waals surface area contributed by atoms with Crippen LogP contribution in [0.5, 0.6) is 11.5 Å². The van der Waals surface area contributed by atoms with Gasteiger partial charge in [-0.2, -0.15) is 0 Å². The number of amides is 2. The van der Waals surface area contributed by atoms with Gasteiger partial charge in [0.1, 0.15) is 13.2 Å². The molecular weight excluding hydrogens is 316 g/mol. The quantitative estimate of drug-likeness (QED) is 0.848. The highest BCUT2D eigenvalue weighted by Crippen LogP contribution is 2.32. The van der Waals surface area contributed by atoms with E-state index < -0.39 is 0 Å². The molecule has 2 N–H and O–H groups in total. The number of benzene rings is 2. The molecule has 2 aromatic rings. The predicted molar refractivity (Wildman–Crippen MR) is 95.7 cm³/mol. The number of ether oxygens (including phenoxy) is 2. The van der Waals surface area contributed by atoms with Crippen molar-refractivity contribution in [3.8, 4) is 23.3 Å². The van der Waals surface area contributed by atoms with Crippen LogP contribution in [0.15, 0.2) is 48.5 Å². The van der Waals surface area contributed by atoms with Crippen LogP contribution in [0.1, 0.15) is 24.1 Å². The summed E-state index contributed by atoms with van der Waals surface area (Å²) in [6, 6.07) is 14.9. The van der Waals surface area contributed by atoms with E-state index in [1.807, 2.05) is 55.5 Å². The highest BCUT2D eigenvalue weighted by molar-refractivity contribution is 5.74. The minimum absolute atomic E-state index is 0.155. The fourth-order valence-corrected chi connectivity index (χ4v) is 2.45. The third-order valence-corrected chi connectivity index (χ3v) is 3.76. The van der Waals surface area contributed by atoms with Crippen molar-refractivity contribution in [3.63, 3.8) is 0 Å². The molecule has 0 aliphatic carbocycles. The number of urea groups is 1. The van der Waals surface area contributed by atoms with Gasteiger partial charge in [-0.25, -0.2) is 4.79 Å². The van der Waals surface area contributed by atoms with Crippen molar-refractivity contribution in [3.05, 3.63) is 59.7 Å². The lowest BCUT2D eigenvalue weighted by atomic mass is 10.1. The molecule has 1 aliphatic rings. The summed E-state index contributed by atoms with van der Waals surface area (Å²) in [4.78, 5) is 12.0. The van der Waals surface area contributed by atoms with Crippen molar-refractivity contribution >= 4 is 6.03 Å². The Bertz CT molecular complexity index is 794. The van der Waals surface area contributed by atoms with E-state index >= 15 is 0 Å². The molecule has 0 bridgehead atoms.